The molecule has 5 N–H and O–H groups in total. The maximum absolute atomic E-state index is 14.1. The quantitative estimate of drug-likeness (QED) is 0.102. The van der Waals surface area contributed by atoms with Crippen LogP contribution in [0.15, 0.2) is 18.5 Å². The van der Waals surface area contributed by atoms with Crippen LogP contribution in [0, 0.1) is 11.3 Å². The smallest absolute Gasteiger partial charge is 0.342 e. The Labute approximate surface area is 260 Å². The van der Waals surface area contributed by atoms with Gasteiger partial charge in [-0.25, -0.2) is 19.7 Å². The average Bonchev–Trinajstić information content (AvgIpc) is 3.46. The fourth-order valence-corrected chi connectivity index (χ4v) is 6.58. The van der Waals surface area contributed by atoms with Crippen LogP contribution in [0.5, 0.6) is 0 Å². The van der Waals surface area contributed by atoms with E-state index in [1.54, 1.807) is 39.8 Å². The molecular formula is C27H40N7O10P. The molecule has 1 fully saturated rings. The molecule has 2 aromatic heterocycles. The summed E-state index contributed by atoms with van der Waals surface area (Å²) in [6.45, 7) is 11.1. The van der Waals surface area contributed by atoms with E-state index >= 15 is 0 Å². The van der Waals surface area contributed by atoms with Crippen LogP contribution in [-0.2, 0) is 48.0 Å². The van der Waals surface area contributed by atoms with Gasteiger partial charge in [0.05, 0.1) is 24.5 Å². The number of aromatic nitrogens is 3. The minimum Gasteiger partial charge on any atom is -0.462 e. The normalized spacial score (nSPS) is 24.8. The Hall–Kier alpha value is -3.65. The summed E-state index contributed by atoms with van der Waals surface area (Å²) >= 11 is 0. The van der Waals surface area contributed by atoms with E-state index < -0.39 is 79.9 Å². The molecule has 0 amide bonds. The largest absolute Gasteiger partial charge is 0.462 e. The third kappa shape index (κ3) is 7.60. The van der Waals surface area contributed by atoms with E-state index in [0.717, 1.165) is 6.92 Å². The topological polar surface area (TPSA) is 239 Å². The Morgan fingerprint density at radius 1 is 1.13 bits per heavy atom. The van der Waals surface area contributed by atoms with E-state index in [1.807, 2.05) is 0 Å². The minimum atomic E-state index is -4.37. The number of anilines is 1. The zero-order valence-electron chi connectivity index (χ0n) is 26.3. The zero-order chi connectivity index (χ0) is 33.9. The SMILES string of the molecule is CC(=O)O[C@@H]1[C@@H](COP(=O)(N[C@@H](C)C(=O)OC(C)C)N[C@@H](C)C(=O)OC(C)C)O[C@@](C)(c2ccc3c(N)ncnn23)[C@@]1(O)C#N. The number of ether oxygens (including phenoxy) is 4. The van der Waals surface area contributed by atoms with Gasteiger partial charge < -0.3 is 34.3 Å². The summed E-state index contributed by atoms with van der Waals surface area (Å²) in [5.74, 6) is -2.25. The van der Waals surface area contributed by atoms with Crippen molar-refractivity contribution in [1.29, 1.82) is 5.26 Å². The summed E-state index contributed by atoms with van der Waals surface area (Å²) in [7, 11) is -4.37. The lowest BCUT2D eigenvalue weighted by atomic mass is 9.80. The third-order valence-corrected chi connectivity index (χ3v) is 8.82. The van der Waals surface area contributed by atoms with Crippen LogP contribution >= 0.6 is 7.67 Å². The Bertz CT molecular complexity index is 1480. The van der Waals surface area contributed by atoms with Crippen LogP contribution in [0.1, 0.15) is 61.1 Å². The fourth-order valence-electron chi connectivity index (χ4n) is 4.77. The summed E-state index contributed by atoms with van der Waals surface area (Å²) in [4.78, 5) is 41.2. The fraction of sp³-hybridized carbons (Fsp3) is 0.630. The van der Waals surface area contributed by atoms with E-state index in [4.69, 9.17) is 29.2 Å². The molecule has 1 aliphatic rings. The summed E-state index contributed by atoms with van der Waals surface area (Å²) in [6.07, 6.45) is -2.86. The van der Waals surface area contributed by atoms with Crippen molar-refractivity contribution in [2.75, 3.05) is 12.3 Å². The number of esters is 3. The van der Waals surface area contributed by atoms with E-state index in [0.29, 0.717) is 5.52 Å². The van der Waals surface area contributed by atoms with Crippen LogP contribution in [0.2, 0.25) is 0 Å². The summed E-state index contributed by atoms with van der Waals surface area (Å²) in [6, 6.07) is 2.48. The lowest BCUT2D eigenvalue weighted by Gasteiger charge is -2.34. The van der Waals surface area contributed by atoms with Gasteiger partial charge in [-0.05, 0) is 60.6 Å². The van der Waals surface area contributed by atoms with Crippen molar-refractivity contribution in [3.05, 3.63) is 24.2 Å². The van der Waals surface area contributed by atoms with Crippen LogP contribution in [-0.4, -0.2) is 86.3 Å². The van der Waals surface area contributed by atoms with Gasteiger partial charge in [0, 0.05) is 6.92 Å². The number of hydrogen-bond donors (Lipinski definition) is 4. The van der Waals surface area contributed by atoms with Crippen LogP contribution in [0.3, 0.4) is 0 Å². The van der Waals surface area contributed by atoms with Crippen molar-refractivity contribution in [2.24, 2.45) is 0 Å². The number of fused-ring (bicyclic) bond motifs is 1. The van der Waals surface area contributed by atoms with Gasteiger partial charge in [-0.15, -0.1) is 0 Å². The van der Waals surface area contributed by atoms with Crippen LogP contribution in [0.4, 0.5) is 5.82 Å². The first-order valence-corrected chi connectivity index (χ1v) is 15.8. The molecule has 3 rings (SSSR count). The number of aliphatic hydroxyl groups is 1. The lowest BCUT2D eigenvalue weighted by molar-refractivity contribution is -0.158. The molecule has 0 aliphatic carbocycles. The Morgan fingerprint density at radius 2 is 1.69 bits per heavy atom. The summed E-state index contributed by atoms with van der Waals surface area (Å²) < 4.78 is 43.2. The molecule has 3 heterocycles. The molecule has 0 spiro atoms. The van der Waals surface area contributed by atoms with Crippen molar-refractivity contribution in [1.82, 2.24) is 24.8 Å². The molecule has 2 aromatic rings. The summed E-state index contributed by atoms with van der Waals surface area (Å²) in [5, 5.41) is 31.3. The van der Waals surface area contributed by atoms with E-state index in [1.165, 1.54) is 37.7 Å². The first-order chi connectivity index (χ1) is 20.9. The molecule has 0 saturated carbocycles. The molecule has 6 atom stereocenters. The number of carbonyl (C=O) groups excluding carboxylic acids is 3. The van der Waals surface area contributed by atoms with Gasteiger partial charge in [-0.1, -0.05) is 0 Å². The Balaban J connectivity index is 2.00. The number of hydrogen-bond acceptors (Lipinski definition) is 14. The molecule has 18 heteroatoms. The molecule has 0 aromatic carbocycles. The molecule has 17 nitrogen and oxygen atoms in total. The van der Waals surface area contributed by atoms with Gasteiger partial charge >= 0.3 is 25.6 Å². The number of nitriles is 1. The predicted molar refractivity (Wildman–Crippen MR) is 157 cm³/mol. The molecule has 248 valence electrons. The van der Waals surface area contributed by atoms with Gasteiger partial charge in [0.15, 0.2) is 17.5 Å². The number of nitrogens with zero attached hydrogens (tertiary/aromatic N) is 4. The summed E-state index contributed by atoms with van der Waals surface area (Å²) in [5.41, 5.74) is 2.02. The highest BCUT2D eigenvalue weighted by atomic mass is 31.2. The van der Waals surface area contributed by atoms with E-state index in [-0.39, 0.29) is 11.5 Å². The third-order valence-electron chi connectivity index (χ3n) is 6.86. The van der Waals surface area contributed by atoms with Gasteiger partial charge in [0.2, 0.25) is 5.60 Å². The second-order valence-electron chi connectivity index (χ2n) is 11.3. The maximum atomic E-state index is 14.1. The Morgan fingerprint density at radius 3 is 2.18 bits per heavy atom. The lowest BCUT2D eigenvalue weighted by Crippen LogP contribution is -2.54. The van der Waals surface area contributed by atoms with Gasteiger partial charge in [0.25, 0.3) is 0 Å². The maximum Gasteiger partial charge on any atom is 0.342 e. The van der Waals surface area contributed by atoms with Crippen molar-refractivity contribution in [3.63, 3.8) is 0 Å². The van der Waals surface area contributed by atoms with Crippen molar-refractivity contribution in [2.45, 2.75) is 103 Å². The van der Waals surface area contributed by atoms with Gasteiger partial charge in [0.1, 0.15) is 36.1 Å². The van der Waals surface area contributed by atoms with Crippen molar-refractivity contribution < 1.29 is 47.5 Å². The second kappa shape index (κ2) is 13.8. The average molecular weight is 654 g/mol. The molecule has 1 saturated heterocycles. The highest BCUT2D eigenvalue weighted by Gasteiger charge is 2.67. The highest BCUT2D eigenvalue weighted by Crippen LogP contribution is 2.50. The molecular weight excluding hydrogens is 613 g/mol. The van der Waals surface area contributed by atoms with Crippen LogP contribution in [0.25, 0.3) is 5.52 Å². The van der Waals surface area contributed by atoms with Gasteiger partial charge in [-0.3, -0.25) is 18.9 Å². The molecule has 0 bridgehead atoms. The monoisotopic (exact) mass is 653 g/mol. The number of rotatable bonds is 13. The molecule has 0 radical (unpaired) electrons. The minimum absolute atomic E-state index is 0.114. The Kier molecular flexibility index (Phi) is 11.0. The highest BCUT2D eigenvalue weighted by molar-refractivity contribution is 7.54. The number of nitrogens with one attached hydrogen (secondary N) is 2. The van der Waals surface area contributed by atoms with Gasteiger partial charge in [-0.2, -0.15) is 10.4 Å². The molecule has 1 aliphatic heterocycles. The first kappa shape index (κ1) is 35.8. The second-order valence-corrected chi connectivity index (χ2v) is 13.2. The van der Waals surface area contributed by atoms with Crippen molar-refractivity contribution in [3.8, 4) is 6.07 Å². The number of nitrogen functional groups attached to an aromatic ring is 1. The van der Waals surface area contributed by atoms with E-state index in [9.17, 15) is 29.3 Å². The molecule has 45 heavy (non-hydrogen) atoms. The van der Waals surface area contributed by atoms with Crippen molar-refractivity contribution >= 4 is 36.9 Å². The number of carbonyl (C=O) groups is 3. The molecule has 0 unspecified atom stereocenters. The predicted octanol–water partition coefficient (Wildman–Crippen LogP) is 1.10. The number of nitrogens with two attached hydrogens (primary N) is 1. The first-order valence-electron chi connectivity index (χ1n) is 14.2. The van der Waals surface area contributed by atoms with Crippen LogP contribution < -0.4 is 15.9 Å². The zero-order valence-corrected chi connectivity index (χ0v) is 27.2. The van der Waals surface area contributed by atoms with E-state index in [2.05, 4.69) is 20.3 Å². The standard InChI is InChI=1S/C27H40N7O10P/c1-14(2)41-24(36)16(5)32-45(39,33-17(6)25(37)42-15(3)4)40-11-20-22(43-18(7)35)27(38,12-28)26(8,44-20)21-10-9-19-23(29)30-13-31-34(19)21/h9-10,13-17,20,22,38H,11H2,1-8H3,(H2,29,30,31)(H2,32,33,39)/t16-,17-,20+,22+,26-,27+/m0/s1.